The maximum absolute atomic E-state index is 12.1. The average Bonchev–Trinajstić information content (AvgIpc) is 2.04. The van der Waals surface area contributed by atoms with Crippen molar-refractivity contribution < 1.29 is 8.78 Å². The van der Waals surface area contributed by atoms with E-state index < -0.39 is 6.43 Å². The fourth-order valence-corrected chi connectivity index (χ4v) is 0.983. The third-order valence-electron chi connectivity index (χ3n) is 1.43. The van der Waals surface area contributed by atoms with E-state index in [0.717, 1.165) is 0 Å². The summed E-state index contributed by atoms with van der Waals surface area (Å²) in [5, 5.41) is 0.489. The van der Waals surface area contributed by atoms with Crippen molar-refractivity contribution >= 4 is 23.0 Å². The molecule has 0 amide bonds. The summed E-state index contributed by atoms with van der Waals surface area (Å²) in [4.78, 5) is 3.70. The molecular formula is C9H8ClF2N. The number of rotatable bonds is 2. The summed E-state index contributed by atoms with van der Waals surface area (Å²) < 4.78 is 24.1. The molecule has 0 aromatic heterocycles. The van der Waals surface area contributed by atoms with Gasteiger partial charge in [0.05, 0.1) is 11.4 Å². The largest absolute Gasteiger partial charge is 0.276 e. The van der Waals surface area contributed by atoms with Crippen LogP contribution in [0, 0.1) is 0 Å². The van der Waals surface area contributed by atoms with Crippen molar-refractivity contribution in [1.82, 2.24) is 0 Å². The molecule has 0 N–H and O–H groups in total. The maximum atomic E-state index is 12.1. The Hall–Kier alpha value is -0.960. The van der Waals surface area contributed by atoms with Crippen LogP contribution in [-0.4, -0.2) is 12.1 Å². The zero-order valence-electron chi connectivity index (χ0n) is 6.97. The lowest BCUT2D eigenvalue weighted by Gasteiger charge is -1.98. The smallest absolute Gasteiger partial charge is 0.252 e. The number of nitrogens with zero attached hydrogens (tertiary/aromatic N) is 1. The van der Waals surface area contributed by atoms with E-state index in [1.807, 2.05) is 0 Å². The van der Waals surface area contributed by atoms with Gasteiger partial charge >= 0.3 is 0 Å². The van der Waals surface area contributed by atoms with E-state index in [9.17, 15) is 8.78 Å². The molecule has 0 saturated carbocycles. The minimum Gasteiger partial charge on any atom is -0.252 e. The van der Waals surface area contributed by atoms with Crippen molar-refractivity contribution in [2.45, 2.75) is 13.3 Å². The Labute approximate surface area is 80.1 Å². The quantitative estimate of drug-likeness (QED) is 0.650. The van der Waals surface area contributed by atoms with E-state index in [-0.39, 0.29) is 5.71 Å². The molecule has 1 rings (SSSR count). The molecule has 0 aliphatic rings. The highest BCUT2D eigenvalue weighted by Gasteiger charge is 2.06. The Balaban J connectivity index is 2.91. The van der Waals surface area contributed by atoms with E-state index in [1.54, 1.807) is 18.2 Å². The van der Waals surface area contributed by atoms with Crippen LogP contribution < -0.4 is 0 Å². The molecule has 1 aromatic carbocycles. The Kier molecular flexibility index (Phi) is 3.37. The van der Waals surface area contributed by atoms with Gasteiger partial charge in [-0.3, -0.25) is 4.99 Å². The number of aliphatic imine (C=N–C) groups is 1. The molecule has 13 heavy (non-hydrogen) atoms. The third-order valence-corrected chi connectivity index (χ3v) is 1.66. The average molecular weight is 204 g/mol. The SMILES string of the molecule is CC(=Nc1cccc(Cl)c1)C(F)F. The second-order valence-corrected chi connectivity index (χ2v) is 2.97. The summed E-state index contributed by atoms with van der Waals surface area (Å²) in [7, 11) is 0. The lowest BCUT2D eigenvalue weighted by atomic mass is 10.3. The normalized spacial score (nSPS) is 12.2. The summed E-state index contributed by atoms with van der Waals surface area (Å²) in [6.07, 6.45) is -2.51. The van der Waals surface area contributed by atoms with E-state index in [4.69, 9.17) is 11.6 Å². The molecule has 4 heteroatoms. The highest BCUT2D eigenvalue weighted by atomic mass is 35.5. The highest BCUT2D eigenvalue weighted by Crippen LogP contribution is 2.18. The molecule has 0 bridgehead atoms. The molecule has 0 fully saturated rings. The Bertz CT molecular complexity index is 323. The number of hydrogen-bond acceptors (Lipinski definition) is 1. The van der Waals surface area contributed by atoms with Gasteiger partial charge in [0.2, 0.25) is 0 Å². The second-order valence-electron chi connectivity index (χ2n) is 2.53. The van der Waals surface area contributed by atoms with Crippen LogP contribution in [-0.2, 0) is 0 Å². The van der Waals surface area contributed by atoms with Gasteiger partial charge < -0.3 is 0 Å². The molecule has 0 spiro atoms. The van der Waals surface area contributed by atoms with Gasteiger partial charge in [0, 0.05) is 5.02 Å². The lowest BCUT2D eigenvalue weighted by molar-refractivity contribution is 0.225. The zero-order chi connectivity index (χ0) is 9.84. The van der Waals surface area contributed by atoms with Crippen LogP contribution in [0.4, 0.5) is 14.5 Å². The maximum Gasteiger partial charge on any atom is 0.276 e. The van der Waals surface area contributed by atoms with Crippen LogP contribution >= 0.6 is 11.6 Å². The third kappa shape index (κ3) is 3.11. The molecular weight excluding hydrogens is 196 g/mol. The van der Waals surface area contributed by atoms with Crippen LogP contribution in [0.3, 0.4) is 0 Å². The monoisotopic (exact) mass is 203 g/mol. The highest BCUT2D eigenvalue weighted by molar-refractivity contribution is 6.30. The van der Waals surface area contributed by atoms with Gasteiger partial charge in [-0.25, -0.2) is 8.78 Å². The van der Waals surface area contributed by atoms with E-state index >= 15 is 0 Å². The van der Waals surface area contributed by atoms with E-state index in [1.165, 1.54) is 13.0 Å². The minimum absolute atomic E-state index is 0.206. The molecule has 0 aliphatic carbocycles. The van der Waals surface area contributed by atoms with Crippen LogP contribution in [0.15, 0.2) is 29.3 Å². The summed E-state index contributed by atoms with van der Waals surface area (Å²) in [5.74, 6) is 0. The van der Waals surface area contributed by atoms with Crippen molar-refractivity contribution in [2.24, 2.45) is 4.99 Å². The minimum atomic E-state index is -2.51. The van der Waals surface area contributed by atoms with Gasteiger partial charge in [-0.15, -0.1) is 0 Å². The van der Waals surface area contributed by atoms with Crippen molar-refractivity contribution in [1.29, 1.82) is 0 Å². The van der Waals surface area contributed by atoms with E-state index in [0.29, 0.717) is 10.7 Å². The predicted molar refractivity (Wildman–Crippen MR) is 50.2 cm³/mol. The molecule has 0 atom stereocenters. The van der Waals surface area contributed by atoms with Gasteiger partial charge in [0.15, 0.2) is 0 Å². The zero-order valence-corrected chi connectivity index (χ0v) is 7.72. The van der Waals surface area contributed by atoms with E-state index in [2.05, 4.69) is 4.99 Å². The molecule has 1 aromatic rings. The predicted octanol–water partition coefficient (Wildman–Crippen LogP) is 3.70. The molecule has 0 aliphatic heterocycles. The fraction of sp³-hybridized carbons (Fsp3) is 0.222. The van der Waals surface area contributed by atoms with Crippen LogP contribution in [0.5, 0.6) is 0 Å². The first-order valence-corrected chi connectivity index (χ1v) is 4.06. The number of halogens is 3. The first-order valence-electron chi connectivity index (χ1n) is 3.68. The molecule has 0 radical (unpaired) electrons. The molecule has 0 saturated heterocycles. The first kappa shape index (κ1) is 10.1. The molecule has 0 unspecified atom stereocenters. The molecule has 0 heterocycles. The summed E-state index contributed by atoms with van der Waals surface area (Å²) in [6, 6.07) is 6.49. The van der Waals surface area contributed by atoms with Crippen LogP contribution in [0.25, 0.3) is 0 Å². The van der Waals surface area contributed by atoms with Crippen LogP contribution in [0.1, 0.15) is 6.92 Å². The van der Waals surface area contributed by atoms with Crippen molar-refractivity contribution in [3.8, 4) is 0 Å². The van der Waals surface area contributed by atoms with Gasteiger partial charge in [-0.1, -0.05) is 17.7 Å². The van der Waals surface area contributed by atoms with Gasteiger partial charge in [-0.05, 0) is 25.1 Å². The number of benzene rings is 1. The first-order chi connectivity index (χ1) is 6.09. The Morgan fingerprint density at radius 3 is 2.69 bits per heavy atom. The molecule has 1 nitrogen and oxygen atoms in total. The number of hydrogen-bond donors (Lipinski definition) is 0. The summed E-state index contributed by atoms with van der Waals surface area (Å²) in [5.41, 5.74) is 0.243. The fourth-order valence-electron chi connectivity index (χ4n) is 0.798. The Morgan fingerprint density at radius 1 is 1.46 bits per heavy atom. The Morgan fingerprint density at radius 2 is 2.15 bits per heavy atom. The van der Waals surface area contributed by atoms with Gasteiger partial charge in [-0.2, -0.15) is 0 Å². The lowest BCUT2D eigenvalue weighted by Crippen LogP contribution is -2.03. The van der Waals surface area contributed by atoms with Crippen molar-refractivity contribution in [3.63, 3.8) is 0 Å². The summed E-state index contributed by atoms with van der Waals surface area (Å²) >= 11 is 5.65. The second kappa shape index (κ2) is 4.33. The molecule has 70 valence electrons. The van der Waals surface area contributed by atoms with Crippen molar-refractivity contribution in [2.75, 3.05) is 0 Å². The van der Waals surface area contributed by atoms with Gasteiger partial charge in [0.25, 0.3) is 6.43 Å². The van der Waals surface area contributed by atoms with Crippen molar-refractivity contribution in [3.05, 3.63) is 29.3 Å². The summed E-state index contributed by atoms with van der Waals surface area (Å²) in [6.45, 7) is 1.28. The van der Waals surface area contributed by atoms with Gasteiger partial charge in [0.1, 0.15) is 0 Å². The number of alkyl halides is 2. The standard InChI is InChI=1S/C9H8ClF2N/c1-6(9(11)12)13-8-4-2-3-7(10)5-8/h2-5,9H,1H3. The van der Waals surface area contributed by atoms with Crippen LogP contribution in [0.2, 0.25) is 5.02 Å². The topological polar surface area (TPSA) is 12.4 Å².